The van der Waals surface area contributed by atoms with Crippen molar-refractivity contribution in [3.8, 4) is 0 Å². The standard InChI is InChI=1S/C15H25N3/c1-18(13-14-6-2-3-7-14)11-10-16-12-15-8-4-5-9-17-15/h4-5,8-9,14,16H,2-3,6-7,10-13H2,1H3. The van der Waals surface area contributed by atoms with Gasteiger partial charge in [0.2, 0.25) is 0 Å². The fourth-order valence-corrected chi connectivity index (χ4v) is 2.71. The quantitative estimate of drug-likeness (QED) is 0.749. The summed E-state index contributed by atoms with van der Waals surface area (Å²) in [4.78, 5) is 6.76. The topological polar surface area (TPSA) is 28.2 Å². The normalized spacial score (nSPS) is 16.6. The van der Waals surface area contributed by atoms with E-state index in [2.05, 4.69) is 28.3 Å². The summed E-state index contributed by atoms with van der Waals surface area (Å²) < 4.78 is 0. The molecule has 0 radical (unpaired) electrons. The van der Waals surface area contributed by atoms with Crippen LogP contribution in [0.4, 0.5) is 0 Å². The van der Waals surface area contributed by atoms with Gasteiger partial charge in [-0.2, -0.15) is 0 Å². The van der Waals surface area contributed by atoms with Crippen molar-refractivity contribution < 1.29 is 0 Å². The third-order valence-electron chi connectivity index (χ3n) is 3.75. The third kappa shape index (κ3) is 4.75. The van der Waals surface area contributed by atoms with E-state index in [1.54, 1.807) is 0 Å². The van der Waals surface area contributed by atoms with E-state index in [4.69, 9.17) is 0 Å². The molecule has 1 aliphatic carbocycles. The van der Waals surface area contributed by atoms with Gasteiger partial charge in [0.25, 0.3) is 0 Å². The molecule has 1 aromatic rings. The Morgan fingerprint density at radius 2 is 2.17 bits per heavy atom. The van der Waals surface area contributed by atoms with Gasteiger partial charge in [-0.05, 0) is 37.9 Å². The highest BCUT2D eigenvalue weighted by atomic mass is 15.1. The lowest BCUT2D eigenvalue weighted by Gasteiger charge is -2.20. The molecule has 0 unspecified atom stereocenters. The first-order chi connectivity index (χ1) is 8.84. The molecule has 2 rings (SSSR count). The molecule has 1 aromatic heterocycles. The first kappa shape index (κ1) is 13.5. The van der Waals surface area contributed by atoms with E-state index < -0.39 is 0 Å². The van der Waals surface area contributed by atoms with E-state index in [1.807, 2.05) is 18.3 Å². The van der Waals surface area contributed by atoms with Crippen molar-refractivity contribution in [1.29, 1.82) is 0 Å². The molecule has 0 amide bonds. The lowest BCUT2D eigenvalue weighted by Crippen LogP contribution is -2.32. The molecule has 0 spiro atoms. The fraction of sp³-hybridized carbons (Fsp3) is 0.667. The summed E-state index contributed by atoms with van der Waals surface area (Å²) in [6.07, 6.45) is 7.60. The third-order valence-corrected chi connectivity index (χ3v) is 3.75. The van der Waals surface area contributed by atoms with Gasteiger partial charge in [-0.3, -0.25) is 4.98 Å². The molecule has 1 N–H and O–H groups in total. The first-order valence-corrected chi connectivity index (χ1v) is 7.14. The zero-order valence-electron chi connectivity index (χ0n) is 11.4. The SMILES string of the molecule is CN(CCNCc1ccccn1)CC1CCCC1. The smallest absolute Gasteiger partial charge is 0.0541 e. The minimum Gasteiger partial charge on any atom is -0.310 e. The average Bonchev–Trinajstić information content (AvgIpc) is 2.89. The predicted molar refractivity (Wildman–Crippen MR) is 75.4 cm³/mol. The van der Waals surface area contributed by atoms with Gasteiger partial charge in [0.1, 0.15) is 0 Å². The Bertz CT molecular complexity index is 320. The van der Waals surface area contributed by atoms with Crippen LogP contribution in [-0.4, -0.2) is 36.6 Å². The summed E-state index contributed by atoms with van der Waals surface area (Å²) in [6, 6.07) is 6.06. The van der Waals surface area contributed by atoms with Crippen LogP contribution in [0.25, 0.3) is 0 Å². The van der Waals surface area contributed by atoms with Gasteiger partial charge >= 0.3 is 0 Å². The van der Waals surface area contributed by atoms with Gasteiger partial charge in [-0.1, -0.05) is 18.9 Å². The Kier molecular flexibility index (Phi) is 5.62. The first-order valence-electron chi connectivity index (χ1n) is 7.14. The Labute approximate surface area is 111 Å². The van der Waals surface area contributed by atoms with Crippen LogP contribution in [0.15, 0.2) is 24.4 Å². The number of nitrogens with one attached hydrogen (secondary N) is 1. The minimum atomic E-state index is 0.873. The molecular weight excluding hydrogens is 222 g/mol. The Morgan fingerprint density at radius 3 is 2.89 bits per heavy atom. The van der Waals surface area contributed by atoms with Crippen molar-refractivity contribution >= 4 is 0 Å². The van der Waals surface area contributed by atoms with Crippen molar-refractivity contribution in [3.63, 3.8) is 0 Å². The summed E-state index contributed by atoms with van der Waals surface area (Å²) in [5.74, 6) is 0.950. The van der Waals surface area contributed by atoms with E-state index >= 15 is 0 Å². The molecular formula is C15H25N3. The Morgan fingerprint density at radius 1 is 1.33 bits per heavy atom. The van der Waals surface area contributed by atoms with E-state index in [-0.39, 0.29) is 0 Å². The number of likely N-dealkylation sites (N-methyl/N-ethyl adjacent to an activating group) is 1. The second-order valence-corrected chi connectivity index (χ2v) is 5.41. The van der Waals surface area contributed by atoms with Crippen LogP contribution in [0, 0.1) is 5.92 Å². The van der Waals surface area contributed by atoms with Crippen LogP contribution >= 0.6 is 0 Å². The molecule has 0 atom stereocenters. The van der Waals surface area contributed by atoms with Crippen LogP contribution in [0.3, 0.4) is 0 Å². The Hall–Kier alpha value is -0.930. The molecule has 0 saturated heterocycles. The number of rotatable bonds is 7. The van der Waals surface area contributed by atoms with E-state index in [0.29, 0.717) is 0 Å². The van der Waals surface area contributed by atoms with Crippen molar-refractivity contribution in [2.24, 2.45) is 5.92 Å². The number of aromatic nitrogens is 1. The van der Waals surface area contributed by atoms with Gasteiger partial charge in [-0.15, -0.1) is 0 Å². The highest BCUT2D eigenvalue weighted by Gasteiger charge is 2.16. The van der Waals surface area contributed by atoms with E-state index in [1.165, 1.54) is 32.2 Å². The summed E-state index contributed by atoms with van der Waals surface area (Å²) >= 11 is 0. The monoisotopic (exact) mass is 247 g/mol. The molecule has 1 heterocycles. The summed E-state index contributed by atoms with van der Waals surface area (Å²) in [5.41, 5.74) is 1.12. The molecule has 0 bridgehead atoms. The van der Waals surface area contributed by atoms with Crippen molar-refractivity contribution in [3.05, 3.63) is 30.1 Å². The number of hydrogen-bond acceptors (Lipinski definition) is 3. The molecule has 3 nitrogen and oxygen atoms in total. The predicted octanol–water partition coefficient (Wildman–Crippen LogP) is 2.29. The highest BCUT2D eigenvalue weighted by molar-refractivity contribution is 5.02. The van der Waals surface area contributed by atoms with Gasteiger partial charge in [0.05, 0.1) is 5.69 Å². The maximum Gasteiger partial charge on any atom is 0.0541 e. The Balaban J connectivity index is 1.54. The van der Waals surface area contributed by atoms with Gasteiger partial charge in [-0.25, -0.2) is 0 Å². The van der Waals surface area contributed by atoms with Crippen LogP contribution in [0.5, 0.6) is 0 Å². The summed E-state index contributed by atoms with van der Waals surface area (Å²) in [7, 11) is 2.24. The lowest BCUT2D eigenvalue weighted by molar-refractivity contribution is 0.277. The van der Waals surface area contributed by atoms with Crippen molar-refractivity contribution in [2.75, 3.05) is 26.7 Å². The van der Waals surface area contributed by atoms with E-state index in [9.17, 15) is 0 Å². The number of pyridine rings is 1. The van der Waals surface area contributed by atoms with Crippen LogP contribution in [-0.2, 0) is 6.54 Å². The molecule has 100 valence electrons. The molecule has 1 aliphatic rings. The van der Waals surface area contributed by atoms with Crippen LogP contribution in [0.2, 0.25) is 0 Å². The second-order valence-electron chi connectivity index (χ2n) is 5.41. The minimum absolute atomic E-state index is 0.873. The van der Waals surface area contributed by atoms with Crippen molar-refractivity contribution in [1.82, 2.24) is 15.2 Å². The summed E-state index contributed by atoms with van der Waals surface area (Å²) in [5, 5.41) is 3.45. The second kappa shape index (κ2) is 7.49. The maximum absolute atomic E-state index is 4.30. The van der Waals surface area contributed by atoms with Crippen LogP contribution < -0.4 is 5.32 Å². The zero-order valence-corrected chi connectivity index (χ0v) is 11.4. The summed E-state index contributed by atoms with van der Waals surface area (Å²) in [6.45, 7) is 4.31. The van der Waals surface area contributed by atoms with Gasteiger partial charge in [0, 0.05) is 32.4 Å². The lowest BCUT2D eigenvalue weighted by atomic mass is 10.1. The molecule has 0 aromatic carbocycles. The largest absolute Gasteiger partial charge is 0.310 e. The molecule has 18 heavy (non-hydrogen) atoms. The van der Waals surface area contributed by atoms with E-state index in [0.717, 1.165) is 31.2 Å². The number of hydrogen-bond donors (Lipinski definition) is 1. The number of nitrogens with zero attached hydrogens (tertiary/aromatic N) is 2. The molecule has 3 heteroatoms. The van der Waals surface area contributed by atoms with Gasteiger partial charge < -0.3 is 10.2 Å². The van der Waals surface area contributed by atoms with Gasteiger partial charge in [0.15, 0.2) is 0 Å². The molecule has 1 saturated carbocycles. The zero-order chi connectivity index (χ0) is 12.6. The maximum atomic E-state index is 4.30. The highest BCUT2D eigenvalue weighted by Crippen LogP contribution is 2.24. The molecule has 0 aliphatic heterocycles. The van der Waals surface area contributed by atoms with Crippen molar-refractivity contribution in [2.45, 2.75) is 32.2 Å². The fourth-order valence-electron chi connectivity index (χ4n) is 2.71. The molecule has 1 fully saturated rings. The average molecular weight is 247 g/mol. The van der Waals surface area contributed by atoms with Crippen LogP contribution in [0.1, 0.15) is 31.4 Å².